The topological polar surface area (TPSA) is 66.6 Å². The molecule has 0 fully saturated rings. The summed E-state index contributed by atoms with van der Waals surface area (Å²) in [7, 11) is 0. The van der Waals surface area contributed by atoms with Gasteiger partial charge in [0.05, 0.1) is 12.1 Å². The Hall–Kier alpha value is -1.40. The van der Waals surface area contributed by atoms with Gasteiger partial charge in [0, 0.05) is 30.4 Å². The van der Waals surface area contributed by atoms with Gasteiger partial charge in [-0.25, -0.2) is 4.98 Å². The quantitative estimate of drug-likeness (QED) is 0.731. The maximum Gasteiger partial charge on any atom is 0.225 e. The number of carbonyl (C=O) groups is 1. The standard InChI is InChI=1S/C14H21N3O2S/c1-11-9-17-12(10-20-14(17)16-11)8-13(19)15-6-4-2-3-5-7-18/h9-10,18H,2-8H2,1H3,(H,15,19). The number of rotatable bonds is 8. The van der Waals surface area contributed by atoms with Crippen LogP contribution in [0.2, 0.25) is 0 Å². The summed E-state index contributed by atoms with van der Waals surface area (Å²) < 4.78 is 1.99. The summed E-state index contributed by atoms with van der Waals surface area (Å²) in [6, 6.07) is 0. The second-order valence-corrected chi connectivity index (χ2v) is 5.76. The number of aliphatic hydroxyl groups is 1. The molecule has 0 spiro atoms. The van der Waals surface area contributed by atoms with Crippen molar-refractivity contribution in [3.05, 3.63) is 23.0 Å². The van der Waals surface area contributed by atoms with E-state index in [1.165, 1.54) is 0 Å². The number of nitrogens with one attached hydrogen (secondary N) is 1. The fourth-order valence-corrected chi connectivity index (χ4v) is 3.03. The van der Waals surface area contributed by atoms with E-state index >= 15 is 0 Å². The highest BCUT2D eigenvalue weighted by molar-refractivity contribution is 7.15. The minimum Gasteiger partial charge on any atom is -0.396 e. The number of aliphatic hydroxyl groups excluding tert-OH is 1. The Labute approximate surface area is 122 Å². The summed E-state index contributed by atoms with van der Waals surface area (Å²) in [5.74, 6) is 0.0539. The lowest BCUT2D eigenvalue weighted by Crippen LogP contribution is -2.26. The molecule has 0 aliphatic rings. The lowest BCUT2D eigenvalue weighted by molar-refractivity contribution is -0.120. The molecular formula is C14H21N3O2S. The molecule has 20 heavy (non-hydrogen) atoms. The zero-order valence-corrected chi connectivity index (χ0v) is 12.6. The van der Waals surface area contributed by atoms with Crippen LogP contribution in [0.4, 0.5) is 0 Å². The highest BCUT2D eigenvalue weighted by Gasteiger charge is 2.09. The number of imidazole rings is 1. The highest BCUT2D eigenvalue weighted by Crippen LogP contribution is 2.16. The van der Waals surface area contributed by atoms with Gasteiger partial charge in [0.15, 0.2) is 4.96 Å². The summed E-state index contributed by atoms with van der Waals surface area (Å²) in [6.07, 6.45) is 6.24. The third-order valence-electron chi connectivity index (χ3n) is 3.15. The molecular weight excluding hydrogens is 274 g/mol. The summed E-state index contributed by atoms with van der Waals surface area (Å²) in [6.45, 7) is 2.92. The zero-order chi connectivity index (χ0) is 14.4. The molecule has 5 nitrogen and oxygen atoms in total. The number of aryl methyl sites for hydroxylation is 1. The molecule has 0 unspecified atom stereocenters. The van der Waals surface area contributed by atoms with Crippen LogP contribution in [-0.2, 0) is 11.2 Å². The number of hydrogen-bond acceptors (Lipinski definition) is 4. The zero-order valence-electron chi connectivity index (χ0n) is 11.8. The van der Waals surface area contributed by atoms with Crippen LogP contribution in [0.5, 0.6) is 0 Å². The van der Waals surface area contributed by atoms with Gasteiger partial charge in [-0.05, 0) is 19.8 Å². The SMILES string of the molecule is Cc1cn2c(CC(=O)NCCCCCCO)csc2n1. The van der Waals surface area contributed by atoms with Crippen LogP contribution in [0.3, 0.4) is 0 Å². The Morgan fingerprint density at radius 3 is 3.00 bits per heavy atom. The smallest absolute Gasteiger partial charge is 0.225 e. The molecule has 0 aliphatic carbocycles. The van der Waals surface area contributed by atoms with E-state index in [1.807, 2.05) is 22.9 Å². The van der Waals surface area contributed by atoms with E-state index in [0.717, 1.165) is 42.0 Å². The number of thiazole rings is 1. The molecule has 2 N–H and O–H groups in total. The lowest BCUT2D eigenvalue weighted by Gasteiger charge is -2.04. The maximum atomic E-state index is 11.9. The van der Waals surface area contributed by atoms with Crippen molar-refractivity contribution < 1.29 is 9.90 Å². The molecule has 0 saturated carbocycles. The van der Waals surface area contributed by atoms with Gasteiger partial charge in [0.1, 0.15) is 0 Å². The fourth-order valence-electron chi connectivity index (χ4n) is 2.11. The van der Waals surface area contributed by atoms with Gasteiger partial charge in [0.2, 0.25) is 5.91 Å². The van der Waals surface area contributed by atoms with Crippen molar-refractivity contribution >= 4 is 22.2 Å². The number of nitrogens with zero attached hydrogens (tertiary/aromatic N) is 2. The van der Waals surface area contributed by atoms with Crippen molar-refractivity contribution in [1.29, 1.82) is 0 Å². The summed E-state index contributed by atoms with van der Waals surface area (Å²) in [5, 5.41) is 13.6. The minimum absolute atomic E-state index is 0.0539. The van der Waals surface area contributed by atoms with E-state index < -0.39 is 0 Å². The molecule has 2 heterocycles. The molecule has 2 rings (SSSR count). The first-order chi connectivity index (χ1) is 9.70. The monoisotopic (exact) mass is 295 g/mol. The van der Waals surface area contributed by atoms with Crippen LogP contribution in [0.15, 0.2) is 11.6 Å². The minimum atomic E-state index is 0.0539. The molecule has 6 heteroatoms. The maximum absolute atomic E-state index is 11.9. The van der Waals surface area contributed by atoms with Gasteiger partial charge in [0.25, 0.3) is 0 Å². The summed E-state index contributed by atoms with van der Waals surface area (Å²) in [4.78, 5) is 17.2. The van der Waals surface area contributed by atoms with Crippen LogP contribution in [0, 0.1) is 6.92 Å². The van der Waals surface area contributed by atoms with Crippen LogP contribution in [0.1, 0.15) is 37.1 Å². The molecule has 0 saturated heterocycles. The lowest BCUT2D eigenvalue weighted by atomic mass is 10.2. The van der Waals surface area contributed by atoms with Crippen LogP contribution in [-0.4, -0.2) is 33.6 Å². The van der Waals surface area contributed by atoms with Gasteiger partial charge in [-0.3, -0.25) is 9.20 Å². The summed E-state index contributed by atoms with van der Waals surface area (Å²) >= 11 is 1.56. The highest BCUT2D eigenvalue weighted by atomic mass is 32.1. The Kier molecular flexibility index (Phi) is 5.55. The van der Waals surface area contributed by atoms with E-state index in [0.29, 0.717) is 13.0 Å². The first-order valence-electron chi connectivity index (χ1n) is 7.00. The molecule has 0 bridgehead atoms. The molecule has 0 aliphatic heterocycles. The molecule has 1 amide bonds. The van der Waals surface area contributed by atoms with Gasteiger partial charge in [-0.1, -0.05) is 12.8 Å². The van der Waals surface area contributed by atoms with E-state index in [2.05, 4.69) is 10.3 Å². The van der Waals surface area contributed by atoms with Gasteiger partial charge >= 0.3 is 0 Å². The first kappa shape index (κ1) is 15.0. The van der Waals surface area contributed by atoms with E-state index in [1.54, 1.807) is 11.3 Å². The summed E-state index contributed by atoms with van der Waals surface area (Å²) in [5.41, 5.74) is 1.96. The third-order valence-corrected chi connectivity index (χ3v) is 4.04. The Balaban J connectivity index is 1.74. The molecule has 2 aromatic heterocycles. The number of amides is 1. The van der Waals surface area contributed by atoms with Crippen LogP contribution >= 0.6 is 11.3 Å². The molecule has 0 aromatic carbocycles. The average Bonchev–Trinajstić information content (AvgIpc) is 2.94. The van der Waals surface area contributed by atoms with E-state index in [4.69, 9.17) is 5.11 Å². The van der Waals surface area contributed by atoms with Gasteiger partial charge < -0.3 is 10.4 Å². The Morgan fingerprint density at radius 1 is 1.40 bits per heavy atom. The van der Waals surface area contributed by atoms with Crippen molar-refractivity contribution in [3.8, 4) is 0 Å². The molecule has 0 radical (unpaired) electrons. The number of carbonyl (C=O) groups excluding carboxylic acids is 1. The van der Waals surface area contributed by atoms with Gasteiger partial charge in [-0.2, -0.15) is 0 Å². The van der Waals surface area contributed by atoms with Crippen molar-refractivity contribution in [2.45, 2.75) is 39.0 Å². The van der Waals surface area contributed by atoms with Crippen molar-refractivity contribution in [1.82, 2.24) is 14.7 Å². The molecule has 0 atom stereocenters. The number of hydrogen-bond donors (Lipinski definition) is 2. The third kappa shape index (κ3) is 4.05. The van der Waals surface area contributed by atoms with Crippen LogP contribution in [0.25, 0.3) is 4.96 Å². The molecule has 2 aromatic rings. The van der Waals surface area contributed by atoms with Crippen molar-refractivity contribution in [2.75, 3.05) is 13.2 Å². The predicted molar refractivity (Wildman–Crippen MR) is 80.1 cm³/mol. The number of unbranched alkanes of at least 4 members (excludes halogenated alkanes) is 3. The Morgan fingerprint density at radius 2 is 2.20 bits per heavy atom. The fraction of sp³-hybridized carbons (Fsp3) is 0.571. The molecule has 110 valence electrons. The van der Waals surface area contributed by atoms with Gasteiger partial charge in [-0.15, -0.1) is 11.3 Å². The Bertz CT molecular complexity index is 562. The second kappa shape index (κ2) is 7.40. The van der Waals surface area contributed by atoms with E-state index in [9.17, 15) is 4.79 Å². The number of aromatic nitrogens is 2. The van der Waals surface area contributed by atoms with Crippen molar-refractivity contribution in [2.24, 2.45) is 0 Å². The second-order valence-electron chi connectivity index (χ2n) is 4.93. The largest absolute Gasteiger partial charge is 0.396 e. The van der Waals surface area contributed by atoms with Crippen LogP contribution < -0.4 is 5.32 Å². The number of fused-ring (bicyclic) bond motifs is 1. The van der Waals surface area contributed by atoms with E-state index in [-0.39, 0.29) is 12.5 Å². The van der Waals surface area contributed by atoms with Crippen molar-refractivity contribution in [3.63, 3.8) is 0 Å². The first-order valence-corrected chi connectivity index (χ1v) is 7.88. The normalized spacial score (nSPS) is 11.1. The predicted octanol–water partition coefficient (Wildman–Crippen LogP) is 1.92. The average molecular weight is 295 g/mol.